The molecule has 0 atom stereocenters. The quantitative estimate of drug-likeness (QED) is 0.567. The summed E-state index contributed by atoms with van der Waals surface area (Å²) in [6.45, 7) is 0.984. The van der Waals surface area contributed by atoms with Crippen molar-refractivity contribution in [1.29, 1.82) is 0 Å². The number of aromatic nitrogens is 1. The Morgan fingerprint density at radius 1 is 1.14 bits per heavy atom. The van der Waals surface area contributed by atoms with Gasteiger partial charge in [-0.25, -0.2) is 13.1 Å². The number of nitrogens with zero attached hydrogens (tertiary/aromatic N) is 1. The van der Waals surface area contributed by atoms with Crippen LogP contribution in [0, 0.1) is 0 Å². The number of fused-ring (bicyclic) bond motifs is 1. The molecule has 1 amide bonds. The molecule has 3 rings (SSSR count). The van der Waals surface area contributed by atoms with Gasteiger partial charge in [0.15, 0.2) is 0 Å². The molecule has 7 nitrogen and oxygen atoms in total. The molecular weight excluding hydrogens is 378 g/mol. The molecule has 2 N–H and O–H groups in total. The van der Waals surface area contributed by atoms with E-state index in [4.69, 9.17) is 4.74 Å². The lowest BCUT2D eigenvalue weighted by Gasteiger charge is -2.11. The van der Waals surface area contributed by atoms with Gasteiger partial charge in [0.1, 0.15) is 5.75 Å². The minimum Gasteiger partial charge on any atom is -0.496 e. The van der Waals surface area contributed by atoms with Gasteiger partial charge in [0.25, 0.3) is 5.91 Å². The van der Waals surface area contributed by atoms with Crippen molar-refractivity contribution >= 4 is 26.8 Å². The number of rotatable bonds is 8. The van der Waals surface area contributed by atoms with Crippen LogP contribution in [0.3, 0.4) is 0 Å². The fourth-order valence-corrected chi connectivity index (χ4v) is 4.14. The van der Waals surface area contributed by atoms with Crippen LogP contribution >= 0.6 is 0 Å². The second-order valence-electron chi connectivity index (χ2n) is 6.26. The topological polar surface area (TPSA) is 89.4 Å². The lowest BCUT2D eigenvalue weighted by atomic mass is 10.2. The lowest BCUT2D eigenvalue weighted by Crippen LogP contribution is -2.26. The highest BCUT2D eigenvalue weighted by Crippen LogP contribution is 2.22. The Hall–Kier alpha value is -2.84. The first-order chi connectivity index (χ1) is 13.5. The number of hydrogen-bond acceptors (Lipinski definition) is 4. The lowest BCUT2D eigenvalue weighted by molar-refractivity contribution is 0.0960. The van der Waals surface area contributed by atoms with Crippen LogP contribution in [0.5, 0.6) is 5.75 Å². The zero-order chi connectivity index (χ0) is 20.1. The zero-order valence-corrected chi connectivity index (χ0v) is 16.6. The van der Waals surface area contributed by atoms with E-state index in [2.05, 4.69) is 14.6 Å². The van der Waals surface area contributed by atoms with E-state index in [1.165, 1.54) is 32.4 Å². The van der Waals surface area contributed by atoms with Crippen molar-refractivity contribution in [3.8, 4) is 5.75 Å². The number of sulfonamides is 1. The van der Waals surface area contributed by atoms with Crippen LogP contribution in [0.15, 0.2) is 59.6 Å². The molecule has 0 unspecified atom stereocenters. The number of nitrogens with one attached hydrogen (secondary N) is 2. The summed E-state index contributed by atoms with van der Waals surface area (Å²) in [5.74, 6) is -0.0915. The average molecular weight is 401 g/mol. The molecule has 1 heterocycles. The summed E-state index contributed by atoms with van der Waals surface area (Å²) in [5, 5.41) is 3.64. The first-order valence-electron chi connectivity index (χ1n) is 8.90. The number of ether oxygens (including phenoxy) is 1. The second-order valence-corrected chi connectivity index (χ2v) is 8.03. The summed E-state index contributed by atoms with van der Waals surface area (Å²) >= 11 is 0. The third-order valence-electron chi connectivity index (χ3n) is 4.50. The summed E-state index contributed by atoms with van der Waals surface area (Å²) in [6.07, 6.45) is 2.63. The molecule has 28 heavy (non-hydrogen) atoms. The van der Waals surface area contributed by atoms with Crippen molar-refractivity contribution in [3.63, 3.8) is 0 Å². The normalized spacial score (nSPS) is 11.5. The van der Waals surface area contributed by atoms with Crippen molar-refractivity contribution in [2.45, 2.75) is 17.9 Å². The Balaban J connectivity index is 1.66. The van der Waals surface area contributed by atoms with E-state index in [1.54, 1.807) is 0 Å². The van der Waals surface area contributed by atoms with Gasteiger partial charge < -0.3 is 14.6 Å². The molecule has 0 spiro atoms. The van der Waals surface area contributed by atoms with Crippen LogP contribution in [0.25, 0.3) is 10.9 Å². The first kappa shape index (κ1) is 19.9. The van der Waals surface area contributed by atoms with Crippen LogP contribution in [0.1, 0.15) is 16.8 Å². The molecule has 0 saturated heterocycles. The predicted octanol–water partition coefficient (Wildman–Crippen LogP) is 2.38. The minimum absolute atomic E-state index is 0.0262. The molecule has 0 bridgehead atoms. The molecule has 3 aromatic rings. The van der Waals surface area contributed by atoms with Crippen LogP contribution in [-0.4, -0.2) is 39.6 Å². The molecular formula is C20H23N3O4S. The molecule has 0 radical (unpaired) electrons. The number of amides is 1. The summed E-state index contributed by atoms with van der Waals surface area (Å²) in [4.78, 5) is 12.0. The predicted molar refractivity (Wildman–Crippen MR) is 108 cm³/mol. The fourth-order valence-electron chi connectivity index (χ4n) is 3.04. The first-order valence-corrected chi connectivity index (χ1v) is 10.4. The molecule has 148 valence electrons. The third kappa shape index (κ3) is 4.18. The van der Waals surface area contributed by atoms with Crippen molar-refractivity contribution < 1.29 is 17.9 Å². The van der Waals surface area contributed by atoms with E-state index < -0.39 is 15.9 Å². The van der Waals surface area contributed by atoms with Gasteiger partial charge in [-0.1, -0.05) is 18.2 Å². The average Bonchev–Trinajstić information content (AvgIpc) is 3.13. The Kier molecular flexibility index (Phi) is 6.01. The summed E-state index contributed by atoms with van der Waals surface area (Å²) in [6, 6.07) is 14.3. The fraction of sp³-hybridized carbons (Fsp3) is 0.250. The standard InChI is InChI=1S/C20H23N3O4S/c1-21-20(24)17-14-16(8-9-19(17)27-2)28(25,26)22-11-5-12-23-13-10-15-6-3-4-7-18(15)23/h3-4,6-10,13-14,22H,5,11-12H2,1-2H3,(H,21,24). The van der Waals surface area contributed by atoms with Gasteiger partial charge in [0.2, 0.25) is 10.0 Å². The minimum atomic E-state index is -3.73. The Morgan fingerprint density at radius 3 is 2.68 bits per heavy atom. The van der Waals surface area contributed by atoms with Crippen LogP contribution < -0.4 is 14.8 Å². The van der Waals surface area contributed by atoms with Crippen molar-refractivity contribution in [3.05, 3.63) is 60.3 Å². The van der Waals surface area contributed by atoms with Gasteiger partial charge in [0.05, 0.1) is 17.6 Å². The van der Waals surface area contributed by atoms with E-state index in [-0.39, 0.29) is 17.0 Å². The van der Waals surface area contributed by atoms with Gasteiger partial charge in [-0.2, -0.15) is 0 Å². The highest BCUT2D eigenvalue weighted by atomic mass is 32.2. The van der Waals surface area contributed by atoms with Gasteiger partial charge in [0, 0.05) is 31.9 Å². The molecule has 2 aromatic carbocycles. The maximum Gasteiger partial charge on any atom is 0.254 e. The van der Waals surface area contributed by atoms with Crippen molar-refractivity contribution in [2.75, 3.05) is 20.7 Å². The van der Waals surface area contributed by atoms with E-state index in [0.29, 0.717) is 18.7 Å². The molecule has 0 saturated carbocycles. The Labute approximate surface area is 164 Å². The SMILES string of the molecule is CNC(=O)c1cc(S(=O)(=O)NCCCn2ccc3ccccc32)ccc1OC. The zero-order valence-electron chi connectivity index (χ0n) is 15.8. The number of carbonyl (C=O) groups excluding carboxylic acids is 1. The van der Waals surface area contributed by atoms with Gasteiger partial charge in [-0.05, 0) is 42.1 Å². The smallest absolute Gasteiger partial charge is 0.254 e. The Bertz CT molecular complexity index is 1090. The molecule has 0 aliphatic rings. The second kappa shape index (κ2) is 8.45. The Morgan fingerprint density at radius 2 is 1.93 bits per heavy atom. The van der Waals surface area contributed by atoms with Crippen LogP contribution in [0.4, 0.5) is 0 Å². The number of methoxy groups -OCH3 is 1. The highest BCUT2D eigenvalue weighted by Gasteiger charge is 2.19. The molecule has 1 aromatic heterocycles. The highest BCUT2D eigenvalue weighted by molar-refractivity contribution is 7.89. The number of benzene rings is 2. The largest absolute Gasteiger partial charge is 0.496 e. The van der Waals surface area contributed by atoms with Crippen LogP contribution in [-0.2, 0) is 16.6 Å². The monoisotopic (exact) mass is 401 g/mol. The maximum absolute atomic E-state index is 12.6. The molecule has 0 aliphatic carbocycles. The van der Waals surface area contributed by atoms with Gasteiger partial charge in [-0.3, -0.25) is 4.79 Å². The van der Waals surface area contributed by atoms with Crippen molar-refractivity contribution in [2.24, 2.45) is 0 Å². The molecule has 8 heteroatoms. The van der Waals surface area contributed by atoms with Crippen molar-refractivity contribution in [1.82, 2.24) is 14.6 Å². The summed E-state index contributed by atoms with van der Waals surface area (Å²) in [7, 11) is -0.820. The van der Waals surface area contributed by atoms with Crippen LogP contribution in [0.2, 0.25) is 0 Å². The number of para-hydroxylation sites is 1. The van der Waals surface area contributed by atoms with Gasteiger partial charge >= 0.3 is 0 Å². The van der Waals surface area contributed by atoms with E-state index in [9.17, 15) is 13.2 Å². The third-order valence-corrected chi connectivity index (χ3v) is 5.96. The number of aryl methyl sites for hydroxylation is 1. The summed E-state index contributed by atoms with van der Waals surface area (Å²) < 4.78 is 35.0. The molecule has 0 aliphatic heterocycles. The van der Waals surface area contributed by atoms with E-state index in [1.807, 2.05) is 36.5 Å². The number of hydrogen-bond donors (Lipinski definition) is 2. The van der Waals surface area contributed by atoms with E-state index >= 15 is 0 Å². The maximum atomic E-state index is 12.6. The summed E-state index contributed by atoms with van der Waals surface area (Å²) in [5.41, 5.74) is 1.29. The molecule has 0 fully saturated rings. The van der Waals surface area contributed by atoms with E-state index in [0.717, 1.165) is 10.9 Å². The number of carbonyl (C=O) groups is 1. The van der Waals surface area contributed by atoms with Gasteiger partial charge in [-0.15, -0.1) is 0 Å².